The number of carbonyl (C=O) groups is 1. The molecule has 3 atom stereocenters. The van der Waals surface area contributed by atoms with Gasteiger partial charge in [-0.2, -0.15) is 0 Å². The Labute approximate surface area is 160 Å². The van der Waals surface area contributed by atoms with Crippen LogP contribution in [0.15, 0.2) is 24.3 Å². The summed E-state index contributed by atoms with van der Waals surface area (Å²) in [5.41, 5.74) is 0.482. The van der Waals surface area contributed by atoms with E-state index in [1.54, 1.807) is 24.3 Å². The van der Waals surface area contributed by atoms with Gasteiger partial charge in [0, 0.05) is 31.7 Å². The third-order valence-corrected chi connectivity index (χ3v) is 6.12. The zero-order valence-corrected chi connectivity index (χ0v) is 15.8. The summed E-state index contributed by atoms with van der Waals surface area (Å²) in [7, 11) is 0. The molecule has 0 N–H and O–H groups in total. The molecule has 1 amide bonds. The van der Waals surface area contributed by atoms with Crippen LogP contribution >= 0.6 is 0 Å². The lowest BCUT2D eigenvalue weighted by Gasteiger charge is -2.30. The van der Waals surface area contributed by atoms with Gasteiger partial charge in [-0.3, -0.25) is 4.79 Å². The predicted octanol–water partition coefficient (Wildman–Crippen LogP) is 2.96. The zero-order chi connectivity index (χ0) is 18.6. The average Bonchev–Trinajstić information content (AvgIpc) is 3.27. The fourth-order valence-corrected chi connectivity index (χ4v) is 4.65. The maximum absolute atomic E-state index is 13.8. The van der Waals surface area contributed by atoms with Gasteiger partial charge in [-0.25, -0.2) is 4.39 Å². The molecule has 1 saturated carbocycles. The third kappa shape index (κ3) is 4.43. The Morgan fingerprint density at radius 3 is 2.63 bits per heavy atom. The smallest absolute Gasteiger partial charge is 0.256 e. The van der Waals surface area contributed by atoms with E-state index in [4.69, 9.17) is 9.47 Å². The molecule has 0 spiro atoms. The van der Waals surface area contributed by atoms with Gasteiger partial charge in [0.1, 0.15) is 5.75 Å². The number of morpholine rings is 1. The van der Waals surface area contributed by atoms with Crippen LogP contribution in [0.2, 0.25) is 0 Å². The van der Waals surface area contributed by atoms with E-state index < -0.39 is 6.30 Å². The quantitative estimate of drug-likeness (QED) is 0.566. The summed E-state index contributed by atoms with van der Waals surface area (Å²) in [5, 5.41) is 0. The van der Waals surface area contributed by atoms with Crippen LogP contribution in [-0.4, -0.2) is 68.0 Å². The van der Waals surface area contributed by atoms with Crippen molar-refractivity contribution in [3.05, 3.63) is 29.8 Å². The van der Waals surface area contributed by atoms with Gasteiger partial charge < -0.3 is 19.3 Å². The van der Waals surface area contributed by atoms with E-state index in [2.05, 4.69) is 4.90 Å². The van der Waals surface area contributed by atoms with Gasteiger partial charge in [0.15, 0.2) is 6.30 Å². The van der Waals surface area contributed by atoms with Gasteiger partial charge in [0.2, 0.25) is 0 Å². The highest BCUT2D eigenvalue weighted by molar-refractivity contribution is 5.94. The number of halogens is 1. The molecule has 6 heteroatoms. The van der Waals surface area contributed by atoms with Crippen molar-refractivity contribution in [1.29, 1.82) is 0 Å². The van der Waals surface area contributed by atoms with E-state index >= 15 is 0 Å². The summed E-state index contributed by atoms with van der Waals surface area (Å²) >= 11 is 0. The minimum atomic E-state index is -1.37. The SMILES string of the molecule is O=C(c1ccc(OCCCN2CC3CCCC3C2)cc1)N1CCOCC1F. The van der Waals surface area contributed by atoms with Crippen LogP contribution in [0.5, 0.6) is 5.75 Å². The van der Waals surface area contributed by atoms with Crippen molar-refractivity contribution >= 4 is 5.91 Å². The van der Waals surface area contributed by atoms with Crippen molar-refractivity contribution in [2.24, 2.45) is 11.8 Å². The fourth-order valence-electron chi connectivity index (χ4n) is 4.65. The molecule has 2 aliphatic heterocycles. The summed E-state index contributed by atoms with van der Waals surface area (Å²) in [4.78, 5) is 16.2. The molecule has 5 nitrogen and oxygen atoms in total. The zero-order valence-electron chi connectivity index (χ0n) is 15.8. The van der Waals surface area contributed by atoms with Crippen molar-refractivity contribution in [2.75, 3.05) is 46.0 Å². The first kappa shape index (κ1) is 18.7. The average molecular weight is 376 g/mol. The Balaban J connectivity index is 1.19. The number of ether oxygens (including phenoxy) is 2. The number of rotatable bonds is 6. The van der Waals surface area contributed by atoms with E-state index in [0.29, 0.717) is 18.8 Å². The van der Waals surface area contributed by atoms with E-state index in [9.17, 15) is 9.18 Å². The highest BCUT2D eigenvalue weighted by atomic mass is 19.1. The summed E-state index contributed by atoms with van der Waals surface area (Å²) in [6, 6.07) is 7.01. The van der Waals surface area contributed by atoms with Crippen LogP contribution in [0.25, 0.3) is 0 Å². The molecule has 2 heterocycles. The molecular formula is C21H29FN2O3. The lowest BCUT2D eigenvalue weighted by Crippen LogP contribution is -2.46. The number of hydrogen-bond donors (Lipinski definition) is 0. The van der Waals surface area contributed by atoms with Crippen molar-refractivity contribution < 1.29 is 18.7 Å². The van der Waals surface area contributed by atoms with Gasteiger partial charge in [-0.15, -0.1) is 0 Å². The second-order valence-corrected chi connectivity index (χ2v) is 7.94. The Bertz CT molecular complexity index is 627. The fraction of sp³-hybridized carbons (Fsp3) is 0.667. The minimum absolute atomic E-state index is 0.0502. The second-order valence-electron chi connectivity index (χ2n) is 7.94. The molecule has 3 unspecified atom stereocenters. The van der Waals surface area contributed by atoms with E-state index in [1.165, 1.54) is 37.3 Å². The molecule has 1 aromatic carbocycles. The number of benzene rings is 1. The van der Waals surface area contributed by atoms with Gasteiger partial charge >= 0.3 is 0 Å². The number of nitrogens with zero attached hydrogens (tertiary/aromatic N) is 2. The molecule has 148 valence electrons. The Morgan fingerprint density at radius 2 is 1.93 bits per heavy atom. The standard InChI is InChI=1S/C21H29FN2O3/c22-20-15-26-12-10-24(20)21(25)16-5-7-19(8-6-16)27-11-2-9-23-13-17-3-1-4-18(17)14-23/h5-8,17-18,20H,1-4,9-15H2. The summed E-state index contributed by atoms with van der Waals surface area (Å²) in [6.45, 7) is 4.92. The molecule has 3 aliphatic rings. The summed E-state index contributed by atoms with van der Waals surface area (Å²) < 4.78 is 24.7. The highest BCUT2D eigenvalue weighted by Crippen LogP contribution is 2.37. The van der Waals surface area contributed by atoms with Crippen LogP contribution < -0.4 is 4.74 Å². The normalized spacial score (nSPS) is 28.3. The maximum Gasteiger partial charge on any atom is 0.256 e. The molecule has 3 fully saturated rings. The second kappa shape index (κ2) is 8.57. The van der Waals surface area contributed by atoms with Crippen molar-refractivity contribution in [2.45, 2.75) is 32.0 Å². The van der Waals surface area contributed by atoms with Crippen LogP contribution in [0, 0.1) is 11.8 Å². The summed E-state index contributed by atoms with van der Waals surface area (Å²) in [5.74, 6) is 2.33. The lowest BCUT2D eigenvalue weighted by molar-refractivity contribution is -0.0479. The molecule has 0 radical (unpaired) electrons. The molecule has 0 aromatic heterocycles. The highest BCUT2D eigenvalue weighted by Gasteiger charge is 2.35. The number of amides is 1. The molecule has 1 aliphatic carbocycles. The molecule has 0 bridgehead atoms. The third-order valence-electron chi connectivity index (χ3n) is 6.12. The Hall–Kier alpha value is -1.66. The van der Waals surface area contributed by atoms with Crippen molar-refractivity contribution in [1.82, 2.24) is 9.80 Å². The first-order valence-electron chi connectivity index (χ1n) is 10.2. The van der Waals surface area contributed by atoms with Crippen LogP contribution in [0.1, 0.15) is 36.0 Å². The first-order valence-corrected chi connectivity index (χ1v) is 10.2. The number of likely N-dealkylation sites (tertiary alicyclic amines) is 1. The van der Waals surface area contributed by atoms with Crippen LogP contribution in [0.4, 0.5) is 4.39 Å². The van der Waals surface area contributed by atoms with Crippen LogP contribution in [-0.2, 0) is 4.74 Å². The topological polar surface area (TPSA) is 42.0 Å². The number of carbonyl (C=O) groups excluding carboxylic acids is 1. The Morgan fingerprint density at radius 1 is 1.19 bits per heavy atom. The number of fused-ring (bicyclic) bond motifs is 1. The number of hydrogen-bond acceptors (Lipinski definition) is 4. The van der Waals surface area contributed by atoms with E-state index in [-0.39, 0.29) is 19.1 Å². The molecular weight excluding hydrogens is 347 g/mol. The van der Waals surface area contributed by atoms with Crippen molar-refractivity contribution in [3.63, 3.8) is 0 Å². The first-order chi connectivity index (χ1) is 13.2. The monoisotopic (exact) mass is 376 g/mol. The molecule has 1 aromatic rings. The van der Waals surface area contributed by atoms with Gasteiger partial charge in [-0.05, 0) is 55.4 Å². The van der Waals surface area contributed by atoms with E-state index in [0.717, 1.165) is 30.6 Å². The predicted molar refractivity (Wildman–Crippen MR) is 101 cm³/mol. The van der Waals surface area contributed by atoms with Crippen LogP contribution in [0.3, 0.4) is 0 Å². The Kier molecular flexibility index (Phi) is 5.93. The molecule has 2 saturated heterocycles. The van der Waals surface area contributed by atoms with Gasteiger partial charge in [0.05, 0.1) is 19.8 Å². The minimum Gasteiger partial charge on any atom is -0.494 e. The van der Waals surface area contributed by atoms with Crippen molar-refractivity contribution in [3.8, 4) is 5.75 Å². The molecule has 27 heavy (non-hydrogen) atoms. The van der Waals surface area contributed by atoms with Gasteiger partial charge in [0.25, 0.3) is 5.91 Å². The van der Waals surface area contributed by atoms with E-state index in [1.807, 2.05) is 0 Å². The largest absolute Gasteiger partial charge is 0.494 e. The summed E-state index contributed by atoms with van der Waals surface area (Å²) in [6.07, 6.45) is 3.89. The molecule has 4 rings (SSSR count). The lowest BCUT2D eigenvalue weighted by atomic mass is 10.0. The maximum atomic E-state index is 13.8. The number of alkyl halides is 1. The van der Waals surface area contributed by atoms with Gasteiger partial charge in [-0.1, -0.05) is 6.42 Å².